The quantitative estimate of drug-likeness (QED) is 0.736. The highest BCUT2D eigenvalue weighted by molar-refractivity contribution is 6.00. The fraction of sp³-hybridized carbons (Fsp3) is 0.522. The van der Waals surface area contributed by atoms with Crippen LogP contribution in [-0.2, 0) is 24.7 Å². The Bertz CT molecular complexity index is 915. The number of hydrogen-bond donors (Lipinski definition) is 1. The summed E-state index contributed by atoms with van der Waals surface area (Å²) >= 11 is 0. The SMILES string of the molecule is C[NH+](C)CC1CCc2nc3c(cc2C1=O)CCc1ccc(C(C)(C)C)nc1-3.[Cl-]. The Hall–Kier alpha value is -1.78. The summed E-state index contributed by atoms with van der Waals surface area (Å²) in [6.07, 6.45) is 3.71. The maximum atomic E-state index is 13.0. The van der Waals surface area contributed by atoms with Crippen molar-refractivity contribution < 1.29 is 22.1 Å². The van der Waals surface area contributed by atoms with E-state index in [0.717, 1.165) is 60.6 Å². The van der Waals surface area contributed by atoms with Crippen molar-refractivity contribution >= 4 is 5.78 Å². The molecule has 0 aliphatic heterocycles. The van der Waals surface area contributed by atoms with Crippen LogP contribution in [0.2, 0.25) is 0 Å². The zero-order chi connectivity index (χ0) is 19.3. The molecule has 2 aliphatic carbocycles. The van der Waals surface area contributed by atoms with Crippen molar-refractivity contribution in [1.29, 1.82) is 0 Å². The molecule has 0 saturated heterocycles. The highest BCUT2D eigenvalue weighted by Gasteiger charge is 2.32. The van der Waals surface area contributed by atoms with Gasteiger partial charge in [-0.3, -0.25) is 14.8 Å². The monoisotopic (exact) mass is 399 g/mol. The third kappa shape index (κ3) is 3.72. The van der Waals surface area contributed by atoms with Crippen LogP contribution in [0.5, 0.6) is 0 Å². The molecule has 1 N–H and O–H groups in total. The Labute approximate surface area is 174 Å². The van der Waals surface area contributed by atoms with E-state index in [9.17, 15) is 4.79 Å². The minimum atomic E-state index is 0. The number of ketones is 1. The zero-order valence-corrected chi connectivity index (χ0v) is 18.3. The second-order valence-corrected chi connectivity index (χ2v) is 9.46. The number of halogens is 1. The molecular weight excluding hydrogens is 370 g/mol. The lowest BCUT2D eigenvalue weighted by Gasteiger charge is -2.27. The first-order valence-electron chi connectivity index (χ1n) is 10.1. The average Bonchev–Trinajstić information content (AvgIpc) is 2.61. The topological polar surface area (TPSA) is 47.3 Å². The molecule has 0 amide bonds. The minimum Gasteiger partial charge on any atom is -1.00 e. The molecule has 0 saturated carbocycles. The predicted molar refractivity (Wildman–Crippen MR) is 107 cm³/mol. The van der Waals surface area contributed by atoms with E-state index in [2.05, 4.69) is 53.1 Å². The van der Waals surface area contributed by atoms with Gasteiger partial charge < -0.3 is 17.3 Å². The van der Waals surface area contributed by atoms with Gasteiger partial charge in [0.25, 0.3) is 0 Å². The number of quaternary nitrogens is 1. The Balaban J connectivity index is 0.00000225. The van der Waals surface area contributed by atoms with Crippen LogP contribution in [0.3, 0.4) is 0 Å². The Kier molecular flexibility index (Phi) is 5.66. The third-order valence-corrected chi connectivity index (χ3v) is 5.84. The van der Waals surface area contributed by atoms with Gasteiger partial charge in [0.2, 0.25) is 0 Å². The largest absolute Gasteiger partial charge is 1.00 e. The number of aryl methyl sites for hydroxylation is 3. The molecule has 0 aromatic carbocycles. The number of Topliss-reactive ketones (excluding diaryl/α,β-unsaturated/α-hetero) is 1. The number of nitrogens with zero attached hydrogens (tertiary/aromatic N) is 2. The maximum Gasteiger partial charge on any atom is 0.173 e. The van der Waals surface area contributed by atoms with Crippen molar-refractivity contribution in [3.8, 4) is 11.4 Å². The number of rotatable bonds is 2. The van der Waals surface area contributed by atoms with Gasteiger partial charge in [-0.15, -0.1) is 0 Å². The molecule has 4 nitrogen and oxygen atoms in total. The lowest BCUT2D eigenvalue weighted by atomic mass is 9.82. The summed E-state index contributed by atoms with van der Waals surface area (Å²) in [7, 11) is 4.23. The second kappa shape index (κ2) is 7.57. The van der Waals surface area contributed by atoms with Crippen molar-refractivity contribution in [2.45, 2.75) is 51.9 Å². The number of nitrogens with one attached hydrogen (secondary N) is 1. The molecule has 0 bridgehead atoms. The van der Waals surface area contributed by atoms with Crippen LogP contribution >= 0.6 is 0 Å². The summed E-state index contributed by atoms with van der Waals surface area (Å²) in [5, 5.41) is 0. The summed E-state index contributed by atoms with van der Waals surface area (Å²) in [5.41, 5.74) is 7.44. The molecule has 150 valence electrons. The number of fused-ring (bicyclic) bond motifs is 4. The van der Waals surface area contributed by atoms with Crippen LogP contribution in [0.15, 0.2) is 18.2 Å². The minimum absolute atomic E-state index is 0. The van der Waals surface area contributed by atoms with Crippen molar-refractivity contribution in [2.75, 3.05) is 20.6 Å². The molecule has 2 aromatic rings. The highest BCUT2D eigenvalue weighted by Crippen LogP contribution is 2.36. The molecule has 2 heterocycles. The number of hydrogen-bond acceptors (Lipinski definition) is 3. The summed E-state index contributed by atoms with van der Waals surface area (Å²) in [5.74, 6) is 0.416. The first-order chi connectivity index (χ1) is 12.7. The molecule has 1 unspecified atom stereocenters. The maximum absolute atomic E-state index is 13.0. The van der Waals surface area contributed by atoms with Crippen molar-refractivity contribution in [3.63, 3.8) is 0 Å². The van der Waals surface area contributed by atoms with Crippen molar-refractivity contribution in [1.82, 2.24) is 9.97 Å². The summed E-state index contributed by atoms with van der Waals surface area (Å²) in [4.78, 5) is 24.3. The van der Waals surface area contributed by atoms with E-state index in [1.807, 2.05) is 0 Å². The molecule has 0 spiro atoms. The van der Waals surface area contributed by atoms with Crippen molar-refractivity contribution in [3.05, 3.63) is 46.3 Å². The molecule has 4 rings (SSSR count). The molecule has 1 atom stereocenters. The van der Waals surface area contributed by atoms with Crippen LogP contribution < -0.4 is 17.3 Å². The van der Waals surface area contributed by atoms with Crippen molar-refractivity contribution in [2.24, 2.45) is 5.92 Å². The Morgan fingerprint density at radius 1 is 1.04 bits per heavy atom. The van der Waals surface area contributed by atoms with E-state index in [-0.39, 0.29) is 29.5 Å². The summed E-state index contributed by atoms with van der Waals surface area (Å²) in [6, 6.07) is 6.50. The van der Waals surface area contributed by atoms with Crippen LogP contribution in [0.25, 0.3) is 11.4 Å². The predicted octanol–water partition coefficient (Wildman–Crippen LogP) is -0.567. The average molecular weight is 400 g/mol. The van der Waals surface area contributed by atoms with Gasteiger partial charge in [-0.2, -0.15) is 0 Å². The zero-order valence-electron chi connectivity index (χ0n) is 17.5. The van der Waals surface area contributed by atoms with Gasteiger partial charge in [0.15, 0.2) is 5.78 Å². The summed E-state index contributed by atoms with van der Waals surface area (Å²) < 4.78 is 0. The lowest BCUT2D eigenvalue weighted by molar-refractivity contribution is -0.860. The van der Waals surface area contributed by atoms with E-state index in [1.165, 1.54) is 16.0 Å². The first-order valence-corrected chi connectivity index (χ1v) is 10.1. The number of carbonyl (C=O) groups excluding carboxylic acids is 1. The van der Waals surface area contributed by atoms with Gasteiger partial charge >= 0.3 is 0 Å². The fourth-order valence-electron chi connectivity index (χ4n) is 4.32. The molecule has 2 aromatic heterocycles. The standard InChI is InChI=1S/C23H29N3O.ClH/c1-23(2,3)19-11-9-14-6-7-15-12-17-18(24-21(15)20(14)25-19)10-8-16(22(17)27)13-26(4)5;/h9,11-12,16H,6-8,10,13H2,1-5H3;1H. The van der Waals surface area contributed by atoms with E-state index in [4.69, 9.17) is 9.97 Å². The number of carbonyl (C=O) groups is 1. The Morgan fingerprint density at radius 2 is 1.71 bits per heavy atom. The van der Waals surface area contributed by atoms with Gasteiger partial charge in [-0.1, -0.05) is 26.8 Å². The van der Waals surface area contributed by atoms with Gasteiger partial charge in [0.1, 0.15) is 0 Å². The number of pyridine rings is 2. The fourth-order valence-corrected chi connectivity index (χ4v) is 4.32. The van der Waals surface area contributed by atoms with E-state index < -0.39 is 0 Å². The summed E-state index contributed by atoms with van der Waals surface area (Å²) in [6.45, 7) is 7.47. The normalized spacial score (nSPS) is 18.2. The van der Waals surface area contributed by atoms with Gasteiger partial charge in [-0.05, 0) is 48.9 Å². The van der Waals surface area contributed by atoms with Crippen LogP contribution in [-0.4, -0.2) is 36.4 Å². The van der Waals surface area contributed by atoms with Gasteiger partial charge in [-0.25, -0.2) is 0 Å². The van der Waals surface area contributed by atoms with Crippen LogP contribution in [0, 0.1) is 5.92 Å². The Morgan fingerprint density at radius 3 is 2.39 bits per heavy atom. The molecule has 0 fully saturated rings. The number of aromatic nitrogens is 2. The smallest absolute Gasteiger partial charge is 0.173 e. The van der Waals surface area contributed by atoms with Gasteiger partial charge in [0.05, 0.1) is 43.6 Å². The second-order valence-electron chi connectivity index (χ2n) is 9.46. The first kappa shape index (κ1) is 20.9. The third-order valence-electron chi connectivity index (χ3n) is 5.84. The molecule has 0 radical (unpaired) electrons. The molecule has 2 aliphatic rings. The van der Waals surface area contributed by atoms with E-state index in [1.54, 1.807) is 0 Å². The highest BCUT2D eigenvalue weighted by atomic mass is 35.5. The molecular formula is C23H30ClN3O. The molecule has 28 heavy (non-hydrogen) atoms. The van der Waals surface area contributed by atoms with E-state index >= 15 is 0 Å². The van der Waals surface area contributed by atoms with E-state index in [0.29, 0.717) is 0 Å². The van der Waals surface area contributed by atoms with Crippen LogP contribution in [0.4, 0.5) is 0 Å². The van der Waals surface area contributed by atoms with Crippen LogP contribution in [0.1, 0.15) is 60.1 Å². The lowest BCUT2D eigenvalue weighted by Crippen LogP contribution is -3.06. The van der Waals surface area contributed by atoms with Gasteiger partial charge in [0, 0.05) is 16.7 Å². The molecule has 5 heteroatoms.